The summed E-state index contributed by atoms with van der Waals surface area (Å²) < 4.78 is 16.4. The Morgan fingerprint density at radius 3 is 2.96 bits per heavy atom. The maximum absolute atomic E-state index is 5.75. The molecule has 130 valence electrons. The van der Waals surface area contributed by atoms with Crippen LogP contribution in [0, 0.1) is 5.92 Å². The number of thiocarbonyl (C=S) groups is 1. The third kappa shape index (κ3) is 3.76. The van der Waals surface area contributed by atoms with E-state index in [9.17, 15) is 0 Å². The number of rotatable bonds is 5. The van der Waals surface area contributed by atoms with Crippen LogP contribution in [0.3, 0.4) is 0 Å². The van der Waals surface area contributed by atoms with E-state index in [-0.39, 0.29) is 6.79 Å². The van der Waals surface area contributed by atoms with Gasteiger partial charge in [0.25, 0.3) is 0 Å². The number of furan rings is 1. The highest BCUT2D eigenvalue weighted by molar-refractivity contribution is 7.80. The molecule has 1 saturated carbocycles. The van der Waals surface area contributed by atoms with E-state index in [1.807, 2.05) is 30.3 Å². The molecule has 1 aliphatic carbocycles. The van der Waals surface area contributed by atoms with Gasteiger partial charge < -0.3 is 19.2 Å². The normalized spacial score (nSPS) is 20.7. The zero-order valence-electron chi connectivity index (χ0n) is 13.8. The van der Waals surface area contributed by atoms with Crippen LogP contribution in [0.15, 0.2) is 39.9 Å². The second-order valence-corrected chi connectivity index (χ2v) is 6.71. The van der Waals surface area contributed by atoms with E-state index in [1.54, 1.807) is 6.21 Å². The predicted octanol–water partition coefficient (Wildman–Crippen LogP) is 3.13. The van der Waals surface area contributed by atoms with Gasteiger partial charge in [0.2, 0.25) is 6.79 Å². The first-order chi connectivity index (χ1) is 12.2. The van der Waals surface area contributed by atoms with E-state index in [0.29, 0.717) is 17.6 Å². The molecule has 2 atom stereocenters. The van der Waals surface area contributed by atoms with Crippen molar-refractivity contribution in [3.8, 4) is 11.5 Å². The van der Waals surface area contributed by atoms with Crippen LogP contribution in [0.25, 0.3) is 0 Å². The lowest BCUT2D eigenvalue weighted by molar-refractivity contribution is 0.174. The van der Waals surface area contributed by atoms with Crippen molar-refractivity contribution >= 4 is 23.5 Å². The molecule has 2 heterocycles. The molecule has 1 aromatic carbocycles. The Kier molecular flexibility index (Phi) is 4.31. The third-order valence-corrected chi connectivity index (χ3v) is 4.61. The molecule has 1 aliphatic heterocycles. The summed E-state index contributed by atoms with van der Waals surface area (Å²) in [5, 5.41) is 7.64. The second kappa shape index (κ2) is 6.76. The number of nitrogens with zero attached hydrogens (tertiary/aromatic N) is 1. The fourth-order valence-electron chi connectivity index (χ4n) is 2.78. The van der Waals surface area contributed by atoms with Gasteiger partial charge in [0.1, 0.15) is 11.5 Å². The molecule has 25 heavy (non-hydrogen) atoms. The van der Waals surface area contributed by atoms with Crippen LogP contribution in [-0.4, -0.2) is 18.1 Å². The zero-order valence-corrected chi connectivity index (χ0v) is 14.6. The smallest absolute Gasteiger partial charge is 0.231 e. The van der Waals surface area contributed by atoms with Crippen molar-refractivity contribution in [1.29, 1.82) is 0 Å². The van der Waals surface area contributed by atoms with E-state index in [2.05, 4.69) is 22.8 Å². The predicted molar refractivity (Wildman–Crippen MR) is 98.0 cm³/mol. The lowest BCUT2D eigenvalue weighted by Gasteiger charge is -2.07. The quantitative estimate of drug-likeness (QED) is 0.487. The molecular formula is C18H19N3O3S. The summed E-state index contributed by atoms with van der Waals surface area (Å²) in [7, 11) is 0. The van der Waals surface area contributed by atoms with Crippen LogP contribution in [0.1, 0.15) is 36.3 Å². The van der Waals surface area contributed by atoms with Gasteiger partial charge in [-0.05, 0) is 54.4 Å². The summed E-state index contributed by atoms with van der Waals surface area (Å²) in [5.41, 5.74) is 3.84. The summed E-state index contributed by atoms with van der Waals surface area (Å²) in [6, 6.07) is 9.74. The van der Waals surface area contributed by atoms with Gasteiger partial charge in [0, 0.05) is 12.5 Å². The molecule has 7 heteroatoms. The SMILES string of the molecule is C[C@@H]1C[C@@H]1c1ccc(/C=N\NC(=S)NCc2ccc3c(c2)OCO3)o1. The molecule has 2 aromatic rings. The molecular weight excluding hydrogens is 338 g/mol. The van der Waals surface area contributed by atoms with Gasteiger partial charge in [0.15, 0.2) is 16.6 Å². The summed E-state index contributed by atoms with van der Waals surface area (Å²) in [6.07, 6.45) is 2.83. The van der Waals surface area contributed by atoms with E-state index >= 15 is 0 Å². The molecule has 0 bridgehead atoms. The Morgan fingerprint density at radius 1 is 1.28 bits per heavy atom. The Morgan fingerprint density at radius 2 is 2.12 bits per heavy atom. The first-order valence-electron chi connectivity index (χ1n) is 8.24. The maximum atomic E-state index is 5.75. The molecule has 4 rings (SSSR count). The highest BCUT2D eigenvalue weighted by atomic mass is 32.1. The second-order valence-electron chi connectivity index (χ2n) is 6.30. The third-order valence-electron chi connectivity index (χ3n) is 4.37. The van der Waals surface area contributed by atoms with Crippen molar-refractivity contribution in [3.63, 3.8) is 0 Å². The summed E-state index contributed by atoms with van der Waals surface area (Å²) in [6.45, 7) is 3.07. The Balaban J connectivity index is 1.24. The fraction of sp³-hybridized carbons (Fsp3) is 0.333. The van der Waals surface area contributed by atoms with Crippen LogP contribution < -0.4 is 20.2 Å². The lowest BCUT2D eigenvalue weighted by atomic mass is 10.2. The van der Waals surface area contributed by atoms with Crippen molar-refractivity contribution in [1.82, 2.24) is 10.7 Å². The minimum absolute atomic E-state index is 0.273. The van der Waals surface area contributed by atoms with Crippen LogP contribution in [-0.2, 0) is 6.54 Å². The fourth-order valence-corrected chi connectivity index (χ4v) is 2.91. The van der Waals surface area contributed by atoms with Crippen LogP contribution in [0.4, 0.5) is 0 Å². The number of benzene rings is 1. The van der Waals surface area contributed by atoms with Crippen molar-refractivity contribution in [2.75, 3.05) is 6.79 Å². The molecule has 1 fully saturated rings. The van der Waals surface area contributed by atoms with Crippen LogP contribution in [0.5, 0.6) is 11.5 Å². The summed E-state index contributed by atoms with van der Waals surface area (Å²) in [5.74, 6) is 4.58. The number of nitrogens with one attached hydrogen (secondary N) is 2. The van der Waals surface area contributed by atoms with Gasteiger partial charge in [-0.3, -0.25) is 5.43 Å². The van der Waals surface area contributed by atoms with Gasteiger partial charge >= 0.3 is 0 Å². The van der Waals surface area contributed by atoms with Gasteiger partial charge in [0.05, 0.1) is 6.21 Å². The number of hydrogen-bond donors (Lipinski definition) is 2. The molecule has 0 unspecified atom stereocenters. The first kappa shape index (κ1) is 16.0. The minimum Gasteiger partial charge on any atom is -0.460 e. The molecule has 0 spiro atoms. The largest absolute Gasteiger partial charge is 0.460 e. The van der Waals surface area contributed by atoms with Gasteiger partial charge in [-0.1, -0.05) is 13.0 Å². The molecule has 1 aromatic heterocycles. The van der Waals surface area contributed by atoms with Crippen molar-refractivity contribution < 1.29 is 13.9 Å². The summed E-state index contributed by atoms with van der Waals surface area (Å²) >= 11 is 5.22. The van der Waals surface area contributed by atoms with E-state index in [1.165, 1.54) is 6.42 Å². The lowest BCUT2D eigenvalue weighted by Crippen LogP contribution is -2.31. The molecule has 2 aliphatic rings. The van der Waals surface area contributed by atoms with Gasteiger partial charge in [-0.15, -0.1) is 0 Å². The van der Waals surface area contributed by atoms with E-state index in [4.69, 9.17) is 26.1 Å². The van der Waals surface area contributed by atoms with Crippen LogP contribution in [0.2, 0.25) is 0 Å². The Hall–Kier alpha value is -2.54. The molecule has 0 radical (unpaired) electrons. The Bertz CT molecular complexity index is 818. The highest BCUT2D eigenvalue weighted by Crippen LogP contribution is 2.47. The average Bonchev–Trinajstić information content (AvgIpc) is 3.03. The van der Waals surface area contributed by atoms with E-state index < -0.39 is 0 Å². The van der Waals surface area contributed by atoms with Crippen molar-refractivity contribution in [2.45, 2.75) is 25.8 Å². The van der Waals surface area contributed by atoms with Gasteiger partial charge in [-0.2, -0.15) is 5.10 Å². The topological polar surface area (TPSA) is 68.0 Å². The first-order valence-corrected chi connectivity index (χ1v) is 8.65. The minimum atomic E-state index is 0.273. The molecule has 0 amide bonds. The monoisotopic (exact) mass is 357 g/mol. The van der Waals surface area contributed by atoms with E-state index in [0.717, 1.165) is 34.5 Å². The van der Waals surface area contributed by atoms with Crippen molar-refractivity contribution in [3.05, 3.63) is 47.4 Å². The number of hydrogen-bond acceptors (Lipinski definition) is 5. The summed E-state index contributed by atoms with van der Waals surface area (Å²) in [4.78, 5) is 0. The standard InChI is InChI=1S/C18H19N3O3S/c1-11-6-14(11)15-5-3-13(24-15)9-20-21-18(25)19-8-12-2-4-16-17(7-12)23-10-22-16/h2-5,7,9,11,14H,6,8,10H2,1H3,(H2,19,21,25)/b20-9-/t11-,14+/m1/s1. The molecule has 0 saturated heterocycles. The average molecular weight is 357 g/mol. The number of ether oxygens (including phenoxy) is 2. The Labute approximate surface area is 151 Å². The van der Waals surface area contributed by atoms with Crippen molar-refractivity contribution in [2.24, 2.45) is 11.0 Å². The number of fused-ring (bicyclic) bond motifs is 1. The van der Waals surface area contributed by atoms with Crippen LogP contribution >= 0.6 is 12.2 Å². The highest BCUT2D eigenvalue weighted by Gasteiger charge is 2.36. The van der Waals surface area contributed by atoms with Gasteiger partial charge in [-0.25, -0.2) is 0 Å². The number of hydrazone groups is 1. The maximum Gasteiger partial charge on any atom is 0.231 e. The molecule has 2 N–H and O–H groups in total. The zero-order chi connectivity index (χ0) is 17.2. The molecule has 6 nitrogen and oxygen atoms in total.